The summed E-state index contributed by atoms with van der Waals surface area (Å²) in [6.45, 7) is 11.8. The van der Waals surface area contributed by atoms with Gasteiger partial charge in [0.05, 0.1) is 23.4 Å². The minimum absolute atomic E-state index is 0.0418. The molecule has 1 amide bonds. The van der Waals surface area contributed by atoms with E-state index in [4.69, 9.17) is 11.2 Å². The van der Waals surface area contributed by atoms with Gasteiger partial charge in [0.25, 0.3) is 0 Å². The third kappa shape index (κ3) is 8.27. The van der Waals surface area contributed by atoms with Crippen LogP contribution in [-0.2, 0) is 11.3 Å². The second-order valence-electron chi connectivity index (χ2n) is 12.7. The Bertz CT molecular complexity index is 1780. The molecule has 0 saturated carbocycles. The normalized spacial score (nSPS) is 14.1. The van der Waals surface area contributed by atoms with E-state index < -0.39 is 0 Å². The van der Waals surface area contributed by atoms with Crippen LogP contribution in [0.15, 0.2) is 71.5 Å². The molecule has 1 aliphatic heterocycles. The summed E-state index contributed by atoms with van der Waals surface area (Å²) in [4.78, 5) is 35.9. The van der Waals surface area contributed by atoms with E-state index in [1.807, 2.05) is 54.6 Å². The highest BCUT2D eigenvalue weighted by Gasteiger charge is 2.25. The summed E-state index contributed by atoms with van der Waals surface area (Å²) in [7, 11) is 4.20. The average Bonchev–Trinajstić information content (AvgIpc) is 3.05. The first-order valence-electron chi connectivity index (χ1n) is 16.4. The topological polar surface area (TPSA) is 74.1 Å². The molecule has 0 bridgehead atoms. The number of hydrogen-bond donors (Lipinski definition) is 0. The zero-order chi connectivity index (χ0) is 33.5. The highest BCUT2D eigenvalue weighted by molar-refractivity contribution is 5.93. The van der Waals surface area contributed by atoms with E-state index in [9.17, 15) is 9.59 Å². The average molecular weight is 635 g/mol. The maximum absolute atomic E-state index is 13.7. The number of carbonyl (C=O) groups is 1. The molecular formula is C38H46N6O3. The van der Waals surface area contributed by atoms with Crippen LogP contribution in [0.4, 0.5) is 5.69 Å². The predicted octanol–water partition coefficient (Wildman–Crippen LogP) is 5.08. The van der Waals surface area contributed by atoms with Crippen molar-refractivity contribution in [1.82, 2.24) is 24.4 Å². The highest BCUT2D eigenvalue weighted by Crippen LogP contribution is 2.30. The Morgan fingerprint density at radius 1 is 1.02 bits per heavy atom. The number of amides is 1. The highest BCUT2D eigenvalue weighted by atomic mass is 16.5. The van der Waals surface area contributed by atoms with Crippen LogP contribution in [0, 0.1) is 12.3 Å². The van der Waals surface area contributed by atoms with Gasteiger partial charge in [-0.3, -0.25) is 9.36 Å². The standard InChI is InChI=1S/C38H46N6O3/c1-7-24-47-34-16-17-36-35(26-34)37(32-14-12-31(13-15-32)28(2)3)39-38(46)43(36)27-30-10-8-11-33(25-30)44(29(4)45)42-22-20-41(21-23-42)19-9-18-40(5)6/h1,8,10-17,25-26,28H,9,18-24,27H2,2-6H3. The van der Waals surface area contributed by atoms with Gasteiger partial charge in [0.2, 0.25) is 5.91 Å². The number of piperazine rings is 1. The molecule has 1 aromatic heterocycles. The van der Waals surface area contributed by atoms with Crippen molar-refractivity contribution < 1.29 is 9.53 Å². The number of ether oxygens (including phenoxy) is 1. The van der Waals surface area contributed by atoms with Gasteiger partial charge >= 0.3 is 5.69 Å². The van der Waals surface area contributed by atoms with E-state index in [-0.39, 0.29) is 18.2 Å². The Hall–Kier alpha value is -4.49. The minimum Gasteiger partial charge on any atom is -0.481 e. The van der Waals surface area contributed by atoms with Gasteiger partial charge < -0.3 is 14.5 Å². The van der Waals surface area contributed by atoms with Crippen molar-refractivity contribution >= 4 is 22.5 Å². The Morgan fingerprint density at radius 2 is 1.77 bits per heavy atom. The Labute approximate surface area is 278 Å². The molecule has 5 rings (SSSR count). The number of aromatic nitrogens is 2. The van der Waals surface area contributed by atoms with Gasteiger partial charge in [-0.15, -0.1) is 6.42 Å². The van der Waals surface area contributed by atoms with Gasteiger partial charge in [-0.1, -0.05) is 56.2 Å². The molecule has 3 aromatic carbocycles. The maximum Gasteiger partial charge on any atom is 0.348 e. The van der Waals surface area contributed by atoms with Gasteiger partial charge in [0.15, 0.2) is 0 Å². The van der Waals surface area contributed by atoms with Gasteiger partial charge in [-0.05, 0) is 81.0 Å². The van der Waals surface area contributed by atoms with Crippen LogP contribution in [0.25, 0.3) is 22.2 Å². The van der Waals surface area contributed by atoms with Crippen LogP contribution in [0.5, 0.6) is 5.75 Å². The van der Waals surface area contributed by atoms with Crippen molar-refractivity contribution in [2.45, 2.75) is 39.7 Å². The van der Waals surface area contributed by atoms with Crippen molar-refractivity contribution in [3.8, 4) is 29.4 Å². The lowest BCUT2D eigenvalue weighted by molar-refractivity contribution is -0.120. The third-order valence-electron chi connectivity index (χ3n) is 8.63. The van der Waals surface area contributed by atoms with E-state index in [1.54, 1.807) is 16.5 Å². The Kier molecular flexibility index (Phi) is 11.1. The van der Waals surface area contributed by atoms with Crippen LogP contribution in [0.3, 0.4) is 0 Å². The van der Waals surface area contributed by atoms with Crippen LogP contribution < -0.4 is 15.4 Å². The molecular weight excluding hydrogens is 588 g/mol. The molecule has 2 heterocycles. The fourth-order valence-corrected chi connectivity index (χ4v) is 6.16. The molecule has 246 valence electrons. The molecule has 9 heteroatoms. The number of benzene rings is 3. The predicted molar refractivity (Wildman–Crippen MR) is 190 cm³/mol. The summed E-state index contributed by atoms with van der Waals surface area (Å²) in [5.74, 6) is 3.47. The number of hydrogen-bond acceptors (Lipinski definition) is 7. The first kappa shape index (κ1) is 33.9. The second-order valence-corrected chi connectivity index (χ2v) is 12.7. The number of nitrogens with zero attached hydrogens (tertiary/aromatic N) is 6. The van der Waals surface area contributed by atoms with Crippen LogP contribution in [-0.4, -0.2) is 90.2 Å². The summed E-state index contributed by atoms with van der Waals surface area (Å²) >= 11 is 0. The van der Waals surface area contributed by atoms with Gasteiger partial charge in [-0.2, -0.15) is 4.98 Å². The number of anilines is 1. The molecule has 0 N–H and O–H groups in total. The molecule has 0 radical (unpaired) electrons. The number of fused-ring (bicyclic) bond motifs is 1. The van der Waals surface area contributed by atoms with Crippen molar-refractivity contribution in [3.63, 3.8) is 0 Å². The summed E-state index contributed by atoms with van der Waals surface area (Å²) in [6, 6.07) is 21.7. The number of terminal acetylenes is 1. The molecule has 0 spiro atoms. The fourth-order valence-electron chi connectivity index (χ4n) is 6.16. The number of carbonyl (C=O) groups excluding carboxylic acids is 1. The molecule has 1 fully saturated rings. The molecule has 1 saturated heterocycles. The van der Waals surface area contributed by atoms with Gasteiger partial charge in [-0.25, -0.2) is 14.8 Å². The molecule has 9 nitrogen and oxygen atoms in total. The van der Waals surface area contributed by atoms with E-state index in [2.05, 4.69) is 65.8 Å². The van der Waals surface area contributed by atoms with Crippen molar-refractivity contribution in [3.05, 3.63) is 88.3 Å². The summed E-state index contributed by atoms with van der Waals surface area (Å²) in [5.41, 5.74) is 4.73. The van der Waals surface area contributed by atoms with E-state index in [1.165, 1.54) is 5.56 Å². The Balaban J connectivity index is 1.44. The van der Waals surface area contributed by atoms with Crippen LogP contribution >= 0.6 is 0 Å². The summed E-state index contributed by atoms with van der Waals surface area (Å²) in [6.07, 6.45) is 6.57. The molecule has 47 heavy (non-hydrogen) atoms. The van der Waals surface area contributed by atoms with Crippen molar-refractivity contribution in [1.29, 1.82) is 0 Å². The molecule has 0 aliphatic carbocycles. The zero-order valence-electron chi connectivity index (χ0n) is 28.3. The Morgan fingerprint density at radius 3 is 2.43 bits per heavy atom. The van der Waals surface area contributed by atoms with Crippen molar-refractivity contribution in [2.75, 3.05) is 65.0 Å². The van der Waals surface area contributed by atoms with E-state index >= 15 is 0 Å². The van der Waals surface area contributed by atoms with Crippen LogP contribution in [0.1, 0.15) is 44.2 Å². The quantitative estimate of drug-likeness (QED) is 0.201. The van der Waals surface area contributed by atoms with Gasteiger partial charge in [0.1, 0.15) is 12.4 Å². The molecule has 0 unspecified atom stereocenters. The number of hydrazine groups is 1. The maximum atomic E-state index is 13.7. The SMILES string of the molecule is C#CCOc1ccc2c(c1)c(-c1ccc(C(C)C)cc1)nc(=O)n2Cc1cccc(N(C(C)=O)N2CCN(CCCN(C)C)CC2)c1. The zero-order valence-corrected chi connectivity index (χ0v) is 28.3. The summed E-state index contributed by atoms with van der Waals surface area (Å²) < 4.78 is 7.43. The first-order valence-corrected chi connectivity index (χ1v) is 16.4. The summed E-state index contributed by atoms with van der Waals surface area (Å²) in [5, 5.41) is 4.70. The molecule has 4 aromatic rings. The van der Waals surface area contributed by atoms with Crippen molar-refractivity contribution in [2.24, 2.45) is 0 Å². The first-order chi connectivity index (χ1) is 22.6. The second kappa shape index (κ2) is 15.4. The number of rotatable bonds is 12. The van der Waals surface area contributed by atoms with E-state index in [0.29, 0.717) is 23.9 Å². The van der Waals surface area contributed by atoms with E-state index in [0.717, 1.165) is 73.4 Å². The lowest BCUT2D eigenvalue weighted by Gasteiger charge is -2.40. The molecule has 1 aliphatic rings. The fraction of sp³-hybridized carbons (Fsp3) is 0.395. The largest absolute Gasteiger partial charge is 0.481 e. The van der Waals surface area contributed by atoms with Crippen LogP contribution in [0.2, 0.25) is 0 Å². The van der Waals surface area contributed by atoms with Gasteiger partial charge in [0, 0.05) is 44.1 Å². The third-order valence-corrected chi connectivity index (χ3v) is 8.63. The molecule has 0 atom stereocenters. The lowest BCUT2D eigenvalue weighted by Crippen LogP contribution is -2.55. The smallest absolute Gasteiger partial charge is 0.348 e. The minimum atomic E-state index is -0.350. The lowest BCUT2D eigenvalue weighted by atomic mass is 9.99. The monoisotopic (exact) mass is 634 g/mol.